The molecule has 9 heteroatoms. The van der Waals surface area contributed by atoms with Crippen LogP contribution in [0.15, 0.2) is 17.2 Å². The number of hydrogen-bond acceptors (Lipinski definition) is 6. The Labute approximate surface area is 178 Å². The zero-order chi connectivity index (χ0) is 21.1. The van der Waals surface area contributed by atoms with Crippen molar-refractivity contribution in [2.24, 2.45) is 5.92 Å². The molecule has 29 heavy (non-hydrogen) atoms. The fourth-order valence-electron chi connectivity index (χ4n) is 3.06. The van der Waals surface area contributed by atoms with Crippen LogP contribution in [0.2, 0.25) is 0 Å². The number of hydrogen-bond donors (Lipinski definition) is 2. The minimum Gasteiger partial charge on any atom is -0.355 e. The van der Waals surface area contributed by atoms with Crippen molar-refractivity contribution in [3.05, 3.63) is 44.8 Å². The lowest BCUT2D eigenvalue weighted by molar-refractivity contribution is -0.120. The first-order valence-corrected chi connectivity index (χ1v) is 11.5. The summed E-state index contributed by atoms with van der Waals surface area (Å²) in [6, 6.07) is 0. The molecule has 3 heterocycles. The molecule has 0 bridgehead atoms. The second-order valence-corrected chi connectivity index (χ2v) is 9.94. The smallest absolute Gasteiger partial charge is 0.259 e. The molecular formula is C20H27N5O2S2. The van der Waals surface area contributed by atoms with Gasteiger partial charge in [0.15, 0.2) is 0 Å². The molecule has 0 saturated heterocycles. The Hall–Kier alpha value is -2.13. The van der Waals surface area contributed by atoms with Gasteiger partial charge in [0.1, 0.15) is 16.5 Å². The van der Waals surface area contributed by atoms with Gasteiger partial charge in [-0.3, -0.25) is 9.59 Å². The van der Waals surface area contributed by atoms with E-state index in [4.69, 9.17) is 0 Å². The molecule has 1 amide bonds. The highest BCUT2D eigenvalue weighted by atomic mass is 32.2. The summed E-state index contributed by atoms with van der Waals surface area (Å²) in [5, 5.41) is 3.46. The molecule has 3 rings (SSSR count). The predicted octanol–water partition coefficient (Wildman–Crippen LogP) is 3.18. The van der Waals surface area contributed by atoms with Crippen molar-refractivity contribution in [3.63, 3.8) is 0 Å². The number of imidazole rings is 1. The van der Waals surface area contributed by atoms with Crippen molar-refractivity contribution in [1.82, 2.24) is 24.8 Å². The van der Waals surface area contributed by atoms with Crippen molar-refractivity contribution in [1.29, 1.82) is 0 Å². The zero-order valence-electron chi connectivity index (χ0n) is 17.4. The van der Waals surface area contributed by atoms with E-state index in [0.29, 0.717) is 29.4 Å². The number of amides is 1. The third-order valence-corrected chi connectivity index (χ3v) is 7.24. The average Bonchev–Trinajstić information content (AvgIpc) is 3.20. The number of aromatic nitrogens is 4. The average molecular weight is 434 g/mol. The molecule has 7 nitrogen and oxygen atoms in total. The summed E-state index contributed by atoms with van der Waals surface area (Å²) in [6.45, 7) is 11.3. The summed E-state index contributed by atoms with van der Waals surface area (Å²) in [5.74, 6) is 2.36. The predicted molar refractivity (Wildman–Crippen MR) is 120 cm³/mol. The van der Waals surface area contributed by atoms with E-state index in [2.05, 4.69) is 31.8 Å². The number of rotatable bonds is 8. The van der Waals surface area contributed by atoms with Gasteiger partial charge in [0.25, 0.3) is 5.56 Å². The largest absolute Gasteiger partial charge is 0.355 e. The molecule has 0 aliphatic rings. The number of thiophene rings is 1. The van der Waals surface area contributed by atoms with Crippen LogP contribution in [0.25, 0.3) is 10.2 Å². The minimum atomic E-state index is -0.231. The fraction of sp³-hybridized carbons (Fsp3) is 0.500. The lowest BCUT2D eigenvalue weighted by atomic mass is 10.2. The van der Waals surface area contributed by atoms with Crippen LogP contribution >= 0.6 is 23.1 Å². The van der Waals surface area contributed by atoms with E-state index < -0.39 is 0 Å². The number of thioether (sulfide) groups is 1. The normalized spacial score (nSPS) is 13.6. The molecule has 0 fully saturated rings. The number of fused-ring (bicyclic) bond motifs is 1. The van der Waals surface area contributed by atoms with Gasteiger partial charge in [0.2, 0.25) is 5.91 Å². The molecule has 0 aliphatic heterocycles. The number of nitrogens with zero attached hydrogens (tertiary/aromatic N) is 3. The fourth-order valence-corrected chi connectivity index (χ4v) is 4.89. The monoisotopic (exact) mass is 433 g/mol. The van der Waals surface area contributed by atoms with Crippen LogP contribution in [0.5, 0.6) is 0 Å². The van der Waals surface area contributed by atoms with Gasteiger partial charge in [-0.25, -0.2) is 9.97 Å². The van der Waals surface area contributed by atoms with Crippen molar-refractivity contribution in [3.8, 4) is 0 Å². The summed E-state index contributed by atoms with van der Waals surface area (Å²) in [4.78, 5) is 38.3. The van der Waals surface area contributed by atoms with Gasteiger partial charge in [-0.05, 0) is 39.2 Å². The molecule has 2 unspecified atom stereocenters. The molecule has 3 aromatic rings. The maximum atomic E-state index is 12.4. The molecule has 3 aromatic heterocycles. The van der Waals surface area contributed by atoms with Gasteiger partial charge < -0.3 is 14.9 Å². The van der Waals surface area contributed by atoms with E-state index in [1.165, 1.54) is 23.1 Å². The van der Waals surface area contributed by atoms with Crippen LogP contribution in [-0.4, -0.2) is 37.2 Å². The Morgan fingerprint density at radius 3 is 2.79 bits per heavy atom. The first-order valence-electron chi connectivity index (χ1n) is 9.62. The Balaban J connectivity index is 1.51. The van der Waals surface area contributed by atoms with Crippen LogP contribution < -0.4 is 10.9 Å². The topological polar surface area (TPSA) is 92.7 Å². The maximum absolute atomic E-state index is 12.4. The third kappa shape index (κ3) is 5.08. The summed E-state index contributed by atoms with van der Waals surface area (Å²) >= 11 is 3.01. The number of aromatic amines is 1. The number of carbonyl (C=O) groups is 1. The summed E-state index contributed by atoms with van der Waals surface area (Å²) < 4.78 is 2.08. The molecular weight excluding hydrogens is 406 g/mol. The van der Waals surface area contributed by atoms with Crippen molar-refractivity contribution in [2.45, 2.75) is 52.2 Å². The number of carbonyl (C=O) groups excluding carboxylic acids is 1. The highest BCUT2D eigenvalue weighted by molar-refractivity contribution is 7.99. The zero-order valence-corrected chi connectivity index (χ0v) is 19.0. The quantitative estimate of drug-likeness (QED) is 0.569. The standard InChI is InChI=1S/C20H27N5O2S2/c1-11(9-25-7-6-21-15(25)5)8-22-18(26)14(4)28-10-16-23-19(27)17-12(2)13(3)29-20(17)24-16/h6-7,11,14H,8-10H2,1-5H3,(H,22,26)(H,23,24,27). The third-order valence-electron chi connectivity index (χ3n) is 4.98. The maximum Gasteiger partial charge on any atom is 0.259 e. The van der Waals surface area contributed by atoms with Crippen LogP contribution in [0.1, 0.15) is 35.9 Å². The van der Waals surface area contributed by atoms with Gasteiger partial charge in [-0.1, -0.05) is 6.92 Å². The second kappa shape index (κ2) is 9.13. The molecule has 2 atom stereocenters. The summed E-state index contributed by atoms with van der Waals surface area (Å²) in [6.07, 6.45) is 3.74. The van der Waals surface area contributed by atoms with E-state index in [1.807, 2.05) is 33.9 Å². The van der Waals surface area contributed by atoms with Crippen LogP contribution in [0.4, 0.5) is 0 Å². The van der Waals surface area contributed by atoms with Crippen LogP contribution in [-0.2, 0) is 17.1 Å². The second-order valence-electron chi connectivity index (χ2n) is 7.41. The van der Waals surface area contributed by atoms with E-state index in [0.717, 1.165) is 27.6 Å². The summed E-state index contributed by atoms with van der Waals surface area (Å²) in [7, 11) is 0. The molecule has 0 spiro atoms. The minimum absolute atomic E-state index is 0.00422. The molecule has 0 aliphatic carbocycles. The Morgan fingerprint density at radius 2 is 2.10 bits per heavy atom. The summed E-state index contributed by atoms with van der Waals surface area (Å²) in [5.41, 5.74) is 0.888. The Bertz CT molecular complexity index is 1070. The van der Waals surface area contributed by atoms with E-state index in [9.17, 15) is 9.59 Å². The Morgan fingerprint density at radius 1 is 1.34 bits per heavy atom. The van der Waals surface area contributed by atoms with Gasteiger partial charge in [0, 0.05) is 30.4 Å². The van der Waals surface area contributed by atoms with E-state index in [1.54, 1.807) is 6.20 Å². The first kappa shape index (κ1) is 21.6. The van der Waals surface area contributed by atoms with Crippen molar-refractivity contribution < 1.29 is 4.79 Å². The molecule has 0 aromatic carbocycles. The van der Waals surface area contributed by atoms with Crippen molar-refractivity contribution in [2.75, 3.05) is 6.54 Å². The van der Waals surface area contributed by atoms with Crippen LogP contribution in [0, 0.1) is 26.7 Å². The highest BCUT2D eigenvalue weighted by Crippen LogP contribution is 2.26. The van der Waals surface area contributed by atoms with Gasteiger partial charge in [-0.15, -0.1) is 23.1 Å². The van der Waals surface area contributed by atoms with Crippen LogP contribution in [0.3, 0.4) is 0 Å². The molecule has 156 valence electrons. The SMILES string of the molecule is Cc1sc2nc(CSC(C)C(=O)NCC(C)Cn3ccnc3C)[nH]c(=O)c2c1C. The van der Waals surface area contributed by atoms with E-state index in [-0.39, 0.29) is 16.7 Å². The molecule has 0 radical (unpaired) electrons. The van der Waals surface area contributed by atoms with E-state index >= 15 is 0 Å². The number of H-pyrrole nitrogens is 1. The van der Waals surface area contributed by atoms with Crippen molar-refractivity contribution >= 4 is 39.2 Å². The number of aryl methyl sites for hydroxylation is 3. The van der Waals surface area contributed by atoms with Gasteiger partial charge in [-0.2, -0.15) is 0 Å². The molecule has 0 saturated carbocycles. The highest BCUT2D eigenvalue weighted by Gasteiger charge is 2.17. The lowest BCUT2D eigenvalue weighted by Gasteiger charge is -2.16. The lowest BCUT2D eigenvalue weighted by Crippen LogP contribution is -2.35. The first-order chi connectivity index (χ1) is 13.8. The number of nitrogens with one attached hydrogen (secondary N) is 2. The molecule has 2 N–H and O–H groups in total. The Kier molecular flexibility index (Phi) is 6.79. The van der Waals surface area contributed by atoms with Gasteiger partial charge >= 0.3 is 0 Å². The van der Waals surface area contributed by atoms with Gasteiger partial charge in [0.05, 0.1) is 16.4 Å².